The van der Waals surface area contributed by atoms with Gasteiger partial charge in [0.1, 0.15) is 0 Å². The van der Waals surface area contributed by atoms with Crippen LogP contribution in [-0.2, 0) is 4.79 Å². The fraction of sp³-hybridized carbons (Fsp3) is 0.206. The molecule has 0 spiro atoms. The first kappa shape index (κ1) is 30.7. The number of aliphatic imine (C=N–C) groups is 2. The first-order valence-corrected chi connectivity index (χ1v) is 13.9. The molecule has 2 aliphatic heterocycles. The van der Waals surface area contributed by atoms with Crippen LogP contribution in [0.1, 0.15) is 29.9 Å². The van der Waals surface area contributed by atoms with Gasteiger partial charge in [0.05, 0.1) is 0 Å². The Morgan fingerprint density at radius 1 is 0.864 bits per heavy atom. The summed E-state index contributed by atoms with van der Waals surface area (Å²) >= 11 is 0. The third-order valence-corrected chi connectivity index (χ3v) is 7.35. The number of benzene rings is 3. The molecular formula is C34H27F6N3O. The molecule has 3 aromatic rings. The monoisotopic (exact) mass is 607 g/mol. The predicted octanol–water partition coefficient (Wildman–Crippen LogP) is 8.96. The molecule has 0 aromatic heterocycles. The summed E-state index contributed by atoms with van der Waals surface area (Å²) in [6.07, 6.45) is -0.403. The second kappa shape index (κ2) is 12.9. The summed E-state index contributed by atoms with van der Waals surface area (Å²) in [5, 5.41) is 0. The van der Waals surface area contributed by atoms with Gasteiger partial charge >= 0.3 is 12.4 Å². The third-order valence-electron chi connectivity index (χ3n) is 7.35. The fourth-order valence-electron chi connectivity index (χ4n) is 5.19. The predicted molar refractivity (Wildman–Crippen MR) is 162 cm³/mol. The molecule has 4 nitrogen and oxygen atoms in total. The summed E-state index contributed by atoms with van der Waals surface area (Å²) in [5.74, 6) is -0.855. The minimum absolute atomic E-state index is 0.0219. The third kappa shape index (κ3) is 7.61. The zero-order valence-corrected chi connectivity index (χ0v) is 23.3. The van der Waals surface area contributed by atoms with Gasteiger partial charge in [-0.25, -0.2) is 0 Å². The lowest BCUT2D eigenvalue weighted by atomic mass is 9.88. The van der Waals surface area contributed by atoms with Crippen molar-refractivity contribution in [2.24, 2.45) is 9.98 Å². The quantitative estimate of drug-likeness (QED) is 0.195. The molecule has 0 radical (unpaired) electrons. The smallest absolute Gasteiger partial charge is 0.312 e. The van der Waals surface area contributed by atoms with Gasteiger partial charge in [0.25, 0.3) is 0 Å². The van der Waals surface area contributed by atoms with Gasteiger partial charge in [0, 0.05) is 61.4 Å². The second-order valence-corrected chi connectivity index (χ2v) is 10.4. The normalized spacial score (nSPS) is 17.9. The Morgan fingerprint density at radius 3 is 2.11 bits per heavy atom. The van der Waals surface area contributed by atoms with Gasteiger partial charge in [0.2, 0.25) is 5.91 Å². The highest BCUT2D eigenvalue weighted by Crippen LogP contribution is 2.40. The van der Waals surface area contributed by atoms with Crippen molar-refractivity contribution >= 4 is 30.1 Å². The van der Waals surface area contributed by atoms with E-state index in [2.05, 4.69) is 9.98 Å². The Kier molecular flexibility index (Phi) is 8.98. The molecule has 1 fully saturated rings. The van der Waals surface area contributed by atoms with Crippen molar-refractivity contribution in [3.8, 4) is 22.3 Å². The van der Waals surface area contributed by atoms with Crippen molar-refractivity contribution in [2.75, 3.05) is 18.0 Å². The molecule has 1 amide bonds. The summed E-state index contributed by atoms with van der Waals surface area (Å²) in [6, 6.07) is 20.2. The van der Waals surface area contributed by atoms with Crippen LogP contribution in [0.15, 0.2) is 107 Å². The molecule has 1 saturated heterocycles. The lowest BCUT2D eigenvalue weighted by Crippen LogP contribution is -2.23. The van der Waals surface area contributed by atoms with Gasteiger partial charge in [-0.2, -0.15) is 26.3 Å². The number of carbonyl (C=O) groups excluding carboxylic acids is 1. The summed E-state index contributed by atoms with van der Waals surface area (Å²) in [6.45, 7) is 0.617. The number of hydrogen-bond acceptors (Lipinski definition) is 3. The number of rotatable bonds is 7. The number of halogens is 6. The van der Waals surface area contributed by atoms with E-state index < -0.39 is 23.8 Å². The lowest BCUT2D eigenvalue weighted by molar-refractivity contribution is -0.117. The van der Waals surface area contributed by atoms with Gasteiger partial charge in [0.15, 0.2) is 0 Å². The van der Waals surface area contributed by atoms with Gasteiger partial charge in [-0.1, -0.05) is 48.5 Å². The standard InChI is InChI=1S/C34H27F6N3O/c35-33(36,37)14-2-15-41-16-12-23-4-6-24(7-5-23)27-19-28(21-29(20-27)43-18-1-3-32(43)44)25-8-10-26(11-9-25)30-22-42-17-13-31(30)34(38,39)40/h2,4-17,19-21,30H,1,3,18,22H2/b14-2+,16-12+,41-15+. The Balaban J connectivity index is 1.42. The number of dihydropyridines is 1. The van der Waals surface area contributed by atoms with Crippen LogP contribution in [0.3, 0.4) is 0 Å². The maximum Gasteiger partial charge on any atom is 0.413 e. The SMILES string of the molecule is O=C1CCCN1c1cc(-c2ccc(/C=C/N=C/C=C/C(F)(F)F)cc2)cc(-c2ccc(C3CN=CC=C3C(F)(F)F)cc2)c1. The van der Waals surface area contributed by atoms with Crippen molar-refractivity contribution < 1.29 is 31.1 Å². The average molecular weight is 608 g/mol. The highest BCUT2D eigenvalue weighted by Gasteiger charge is 2.39. The first-order chi connectivity index (χ1) is 21.0. The number of hydrogen-bond donors (Lipinski definition) is 0. The molecule has 2 aliphatic rings. The number of carbonyl (C=O) groups is 1. The number of allylic oxidation sites excluding steroid dienone is 3. The van der Waals surface area contributed by atoms with E-state index in [1.807, 2.05) is 42.5 Å². The van der Waals surface area contributed by atoms with Crippen molar-refractivity contribution in [3.63, 3.8) is 0 Å². The summed E-state index contributed by atoms with van der Waals surface area (Å²) < 4.78 is 77.3. The summed E-state index contributed by atoms with van der Waals surface area (Å²) in [5.41, 5.74) is 4.72. The van der Waals surface area contributed by atoms with Crippen LogP contribution in [0.25, 0.3) is 28.3 Å². The second-order valence-electron chi connectivity index (χ2n) is 10.4. The number of amides is 1. The van der Waals surface area contributed by atoms with Crippen LogP contribution >= 0.6 is 0 Å². The van der Waals surface area contributed by atoms with Crippen LogP contribution in [0.5, 0.6) is 0 Å². The Hall–Kier alpha value is -4.73. The van der Waals surface area contributed by atoms with E-state index in [1.165, 1.54) is 12.4 Å². The van der Waals surface area contributed by atoms with E-state index in [1.54, 1.807) is 35.2 Å². The van der Waals surface area contributed by atoms with Crippen molar-refractivity contribution in [3.05, 3.63) is 108 Å². The fourth-order valence-corrected chi connectivity index (χ4v) is 5.19. The maximum atomic E-state index is 13.6. The van der Waals surface area contributed by atoms with Gasteiger partial charge < -0.3 is 4.90 Å². The molecular weight excluding hydrogens is 580 g/mol. The molecule has 0 N–H and O–H groups in total. The minimum Gasteiger partial charge on any atom is -0.312 e. The molecule has 5 rings (SSSR count). The van der Waals surface area contributed by atoms with E-state index >= 15 is 0 Å². The van der Waals surface area contributed by atoms with Crippen molar-refractivity contribution in [1.29, 1.82) is 0 Å². The summed E-state index contributed by atoms with van der Waals surface area (Å²) in [7, 11) is 0. The summed E-state index contributed by atoms with van der Waals surface area (Å²) in [4.78, 5) is 22.2. The molecule has 226 valence electrons. The van der Waals surface area contributed by atoms with E-state index in [0.29, 0.717) is 18.5 Å². The number of nitrogens with zero attached hydrogens (tertiary/aromatic N) is 3. The molecule has 10 heteroatoms. The Morgan fingerprint density at radius 2 is 1.52 bits per heavy atom. The Bertz CT molecular complexity index is 1650. The highest BCUT2D eigenvalue weighted by molar-refractivity contribution is 5.97. The lowest BCUT2D eigenvalue weighted by Gasteiger charge is -2.23. The largest absolute Gasteiger partial charge is 0.413 e. The van der Waals surface area contributed by atoms with Crippen molar-refractivity contribution in [1.82, 2.24) is 0 Å². The van der Waals surface area contributed by atoms with E-state index in [9.17, 15) is 31.1 Å². The zero-order valence-electron chi connectivity index (χ0n) is 23.3. The van der Waals surface area contributed by atoms with E-state index in [-0.39, 0.29) is 18.5 Å². The molecule has 2 heterocycles. The topological polar surface area (TPSA) is 45.0 Å². The van der Waals surface area contributed by atoms with Crippen LogP contribution in [0, 0.1) is 0 Å². The molecule has 0 bridgehead atoms. The first-order valence-electron chi connectivity index (χ1n) is 13.9. The van der Waals surface area contributed by atoms with E-state index in [0.717, 1.165) is 58.3 Å². The molecule has 3 aromatic carbocycles. The van der Waals surface area contributed by atoms with Crippen LogP contribution in [-0.4, -0.2) is 43.8 Å². The van der Waals surface area contributed by atoms with Crippen molar-refractivity contribution in [2.45, 2.75) is 31.1 Å². The molecule has 44 heavy (non-hydrogen) atoms. The van der Waals surface area contributed by atoms with Gasteiger partial charge in [-0.05, 0) is 76.2 Å². The molecule has 0 saturated carbocycles. The molecule has 1 atom stereocenters. The van der Waals surface area contributed by atoms with Crippen LogP contribution in [0.2, 0.25) is 0 Å². The highest BCUT2D eigenvalue weighted by atomic mass is 19.4. The van der Waals surface area contributed by atoms with Gasteiger partial charge in [-0.15, -0.1) is 0 Å². The average Bonchev–Trinajstić information content (AvgIpc) is 3.44. The Labute approximate surface area is 250 Å². The van der Waals surface area contributed by atoms with Crippen LogP contribution in [0.4, 0.5) is 32.0 Å². The number of anilines is 1. The van der Waals surface area contributed by atoms with Crippen LogP contribution < -0.4 is 4.90 Å². The molecule has 1 unspecified atom stereocenters. The zero-order chi connectivity index (χ0) is 31.3. The maximum absolute atomic E-state index is 13.6. The van der Waals surface area contributed by atoms with E-state index in [4.69, 9.17) is 0 Å². The minimum atomic E-state index is -4.45. The molecule has 0 aliphatic carbocycles. The number of alkyl halides is 6. The van der Waals surface area contributed by atoms with Gasteiger partial charge in [-0.3, -0.25) is 14.8 Å².